The minimum Gasteiger partial charge on any atom is -0.353 e. The molecule has 1 fully saturated rings. The van der Waals surface area contributed by atoms with Crippen LogP contribution in [-0.2, 0) is 14.8 Å². The molecule has 1 aliphatic rings. The predicted octanol–water partition coefficient (Wildman–Crippen LogP) is 0.779. The molecule has 0 aliphatic carbocycles. The minimum absolute atomic E-state index is 0.0412. The maximum atomic E-state index is 12.8. The van der Waals surface area contributed by atoms with Gasteiger partial charge in [0.25, 0.3) is 0 Å². The Labute approximate surface area is 149 Å². The Morgan fingerprint density at radius 2 is 1.92 bits per heavy atom. The number of piperazine rings is 1. The zero-order valence-electron chi connectivity index (χ0n) is 14.6. The van der Waals surface area contributed by atoms with Gasteiger partial charge in [-0.3, -0.25) is 9.69 Å². The van der Waals surface area contributed by atoms with Crippen molar-refractivity contribution in [3.05, 3.63) is 29.8 Å². The van der Waals surface area contributed by atoms with E-state index >= 15 is 0 Å². The second kappa shape index (κ2) is 8.43. The molecule has 1 amide bonds. The molecule has 0 bridgehead atoms. The van der Waals surface area contributed by atoms with E-state index in [2.05, 4.69) is 5.32 Å². The van der Waals surface area contributed by atoms with Crippen LogP contribution in [0.5, 0.6) is 0 Å². The monoisotopic (exact) mass is 364 g/mol. The molecule has 0 saturated carbocycles. The van der Waals surface area contributed by atoms with Gasteiger partial charge in [-0.05, 0) is 25.5 Å². The quantitative estimate of drug-likeness (QED) is 0.805. The van der Waals surface area contributed by atoms with Crippen molar-refractivity contribution < 1.29 is 13.2 Å². The first-order valence-electron chi connectivity index (χ1n) is 8.39. The van der Waals surface area contributed by atoms with Crippen LogP contribution >= 0.6 is 0 Å². The Kier molecular flexibility index (Phi) is 6.53. The van der Waals surface area contributed by atoms with E-state index in [0.29, 0.717) is 26.2 Å². The van der Waals surface area contributed by atoms with E-state index in [1.165, 1.54) is 16.4 Å². The summed E-state index contributed by atoms with van der Waals surface area (Å²) in [5.41, 5.74) is 0.151. The van der Waals surface area contributed by atoms with Crippen LogP contribution in [0, 0.1) is 11.3 Å². The van der Waals surface area contributed by atoms with E-state index in [1.54, 1.807) is 12.1 Å². The number of sulfonamides is 1. The Balaban J connectivity index is 1.98. The lowest BCUT2D eigenvalue weighted by molar-refractivity contribution is -0.123. The summed E-state index contributed by atoms with van der Waals surface area (Å²) >= 11 is 0. The molecule has 1 atom stereocenters. The lowest BCUT2D eigenvalue weighted by Gasteiger charge is -2.33. The van der Waals surface area contributed by atoms with E-state index < -0.39 is 10.0 Å². The summed E-state index contributed by atoms with van der Waals surface area (Å²) in [6, 6.07) is 8.29. The van der Waals surface area contributed by atoms with Crippen molar-refractivity contribution in [1.29, 1.82) is 5.26 Å². The number of nitriles is 1. The number of benzene rings is 1. The molecule has 7 nitrogen and oxygen atoms in total. The van der Waals surface area contributed by atoms with Gasteiger partial charge in [0.2, 0.25) is 15.9 Å². The third kappa shape index (κ3) is 4.78. The van der Waals surface area contributed by atoms with Crippen LogP contribution in [0.4, 0.5) is 0 Å². The molecule has 0 spiro atoms. The molecule has 1 aromatic rings. The molecule has 25 heavy (non-hydrogen) atoms. The SMILES string of the molecule is CC[C@@H](C)NC(=O)CN1CCN(S(=O)(=O)c2ccccc2C#N)CC1. The highest BCUT2D eigenvalue weighted by Crippen LogP contribution is 2.20. The van der Waals surface area contributed by atoms with E-state index in [1.807, 2.05) is 24.8 Å². The number of nitrogens with zero attached hydrogens (tertiary/aromatic N) is 3. The van der Waals surface area contributed by atoms with Gasteiger partial charge in [0.1, 0.15) is 6.07 Å². The molecule has 1 aliphatic heterocycles. The van der Waals surface area contributed by atoms with Crippen LogP contribution in [0.25, 0.3) is 0 Å². The number of hydrogen-bond acceptors (Lipinski definition) is 5. The van der Waals surface area contributed by atoms with Gasteiger partial charge in [0, 0.05) is 32.2 Å². The van der Waals surface area contributed by atoms with E-state index in [0.717, 1.165) is 6.42 Å². The van der Waals surface area contributed by atoms with Crippen LogP contribution in [0.2, 0.25) is 0 Å². The van der Waals surface area contributed by atoms with Crippen molar-refractivity contribution in [2.75, 3.05) is 32.7 Å². The molecule has 1 N–H and O–H groups in total. The Bertz CT molecular complexity index is 749. The summed E-state index contributed by atoms with van der Waals surface area (Å²) in [7, 11) is -3.70. The first kappa shape index (κ1) is 19.4. The van der Waals surface area contributed by atoms with E-state index in [9.17, 15) is 13.2 Å². The van der Waals surface area contributed by atoms with Gasteiger partial charge in [-0.1, -0.05) is 19.1 Å². The van der Waals surface area contributed by atoms with Gasteiger partial charge in [0.05, 0.1) is 17.0 Å². The molecular formula is C17H24N4O3S. The molecule has 8 heteroatoms. The number of nitrogens with one attached hydrogen (secondary N) is 1. The predicted molar refractivity (Wildman–Crippen MR) is 94.3 cm³/mol. The molecule has 1 aromatic carbocycles. The summed E-state index contributed by atoms with van der Waals surface area (Å²) in [5.74, 6) is -0.0412. The lowest BCUT2D eigenvalue weighted by Crippen LogP contribution is -2.51. The zero-order valence-corrected chi connectivity index (χ0v) is 15.4. The summed E-state index contributed by atoms with van der Waals surface area (Å²) in [6.45, 7) is 5.82. The average molecular weight is 364 g/mol. The largest absolute Gasteiger partial charge is 0.353 e. The van der Waals surface area contributed by atoms with E-state index in [4.69, 9.17) is 5.26 Å². The topological polar surface area (TPSA) is 93.5 Å². The fraction of sp³-hybridized carbons (Fsp3) is 0.529. The van der Waals surface area contributed by atoms with Gasteiger partial charge < -0.3 is 5.32 Å². The highest BCUT2D eigenvalue weighted by molar-refractivity contribution is 7.89. The summed E-state index contributed by atoms with van der Waals surface area (Å²) in [5, 5.41) is 12.0. The molecule has 2 rings (SSSR count). The van der Waals surface area contributed by atoms with Crippen LogP contribution in [0.3, 0.4) is 0 Å². The molecule has 0 aromatic heterocycles. The van der Waals surface area contributed by atoms with Crippen LogP contribution in [0.1, 0.15) is 25.8 Å². The third-order valence-electron chi connectivity index (χ3n) is 4.34. The van der Waals surface area contributed by atoms with Gasteiger partial charge >= 0.3 is 0 Å². The number of hydrogen-bond donors (Lipinski definition) is 1. The van der Waals surface area contributed by atoms with Crippen LogP contribution in [-0.4, -0.2) is 62.3 Å². The smallest absolute Gasteiger partial charge is 0.244 e. The summed E-state index contributed by atoms with van der Waals surface area (Å²) in [6.07, 6.45) is 0.871. The molecule has 1 saturated heterocycles. The van der Waals surface area contributed by atoms with Gasteiger partial charge in [0.15, 0.2) is 0 Å². The lowest BCUT2D eigenvalue weighted by atomic mass is 10.2. The van der Waals surface area contributed by atoms with Crippen LogP contribution < -0.4 is 5.32 Å². The Morgan fingerprint density at radius 3 is 2.52 bits per heavy atom. The normalized spacial score (nSPS) is 17.6. The standard InChI is InChI=1S/C17H24N4O3S/c1-3-14(2)19-17(22)13-20-8-10-21(11-9-20)25(23,24)16-7-5-4-6-15(16)12-18/h4-7,14H,3,8-11,13H2,1-2H3,(H,19,22)/t14-/m1/s1. The molecule has 0 unspecified atom stereocenters. The highest BCUT2D eigenvalue weighted by atomic mass is 32.2. The first-order valence-corrected chi connectivity index (χ1v) is 9.83. The van der Waals surface area contributed by atoms with Gasteiger partial charge in [-0.2, -0.15) is 9.57 Å². The zero-order chi connectivity index (χ0) is 18.4. The van der Waals surface area contributed by atoms with Gasteiger partial charge in [-0.25, -0.2) is 8.42 Å². The second-order valence-corrected chi connectivity index (χ2v) is 8.07. The second-order valence-electron chi connectivity index (χ2n) is 6.17. The highest BCUT2D eigenvalue weighted by Gasteiger charge is 2.30. The fourth-order valence-electron chi connectivity index (χ4n) is 2.68. The summed E-state index contributed by atoms with van der Waals surface area (Å²) in [4.78, 5) is 13.9. The fourth-order valence-corrected chi connectivity index (χ4v) is 4.24. The molecule has 0 radical (unpaired) electrons. The number of carbonyl (C=O) groups is 1. The number of amides is 1. The minimum atomic E-state index is -3.70. The third-order valence-corrected chi connectivity index (χ3v) is 6.30. The molecule has 1 heterocycles. The van der Waals surface area contributed by atoms with Crippen molar-refractivity contribution in [3.63, 3.8) is 0 Å². The first-order chi connectivity index (χ1) is 11.9. The maximum Gasteiger partial charge on any atom is 0.244 e. The summed E-state index contributed by atoms with van der Waals surface area (Å²) < 4.78 is 26.9. The Morgan fingerprint density at radius 1 is 1.28 bits per heavy atom. The van der Waals surface area contributed by atoms with Crippen molar-refractivity contribution in [2.24, 2.45) is 0 Å². The van der Waals surface area contributed by atoms with Crippen molar-refractivity contribution in [3.8, 4) is 6.07 Å². The number of rotatable bonds is 6. The van der Waals surface area contributed by atoms with E-state index in [-0.39, 0.29) is 29.0 Å². The van der Waals surface area contributed by atoms with Crippen LogP contribution in [0.15, 0.2) is 29.2 Å². The average Bonchev–Trinajstić information content (AvgIpc) is 2.61. The molecular weight excluding hydrogens is 340 g/mol. The Hall–Kier alpha value is -1.95. The number of carbonyl (C=O) groups excluding carboxylic acids is 1. The maximum absolute atomic E-state index is 12.8. The van der Waals surface area contributed by atoms with Gasteiger partial charge in [-0.15, -0.1) is 0 Å². The van der Waals surface area contributed by atoms with Crippen molar-refractivity contribution >= 4 is 15.9 Å². The van der Waals surface area contributed by atoms with Crippen molar-refractivity contribution in [2.45, 2.75) is 31.2 Å². The van der Waals surface area contributed by atoms with Crippen molar-refractivity contribution in [1.82, 2.24) is 14.5 Å². The molecule has 136 valence electrons.